The molecule has 84 valence electrons. The molecule has 0 radical (unpaired) electrons. The first-order chi connectivity index (χ1) is 6.97. The molecule has 0 amide bonds. The highest BCUT2D eigenvalue weighted by atomic mass is 16.4. The van der Waals surface area contributed by atoms with Crippen LogP contribution in [0.25, 0.3) is 0 Å². The highest BCUT2D eigenvalue weighted by Gasteiger charge is 2.26. The predicted octanol–water partition coefficient (Wildman–Crippen LogP) is 3.92. The zero-order chi connectivity index (χ0) is 11.5. The zero-order valence-corrected chi connectivity index (χ0v) is 10.2. The fourth-order valence-corrected chi connectivity index (χ4v) is 2.25. The number of oxime groups is 1. The molecular weight excluding hydrogens is 186 g/mol. The Balaban J connectivity index is 2.95. The third-order valence-corrected chi connectivity index (χ3v) is 3.19. The van der Waals surface area contributed by atoms with Gasteiger partial charge in [-0.15, -0.1) is 0 Å². The molecule has 0 atom stereocenters. The van der Waals surface area contributed by atoms with Gasteiger partial charge in [0.05, 0.1) is 5.71 Å². The quantitative estimate of drug-likeness (QED) is 0.415. The van der Waals surface area contributed by atoms with Crippen molar-refractivity contribution in [1.29, 1.82) is 0 Å². The van der Waals surface area contributed by atoms with Crippen molar-refractivity contribution < 1.29 is 5.21 Å². The Kier molecular flexibility index (Phi) is 3.72. The van der Waals surface area contributed by atoms with Crippen LogP contribution in [0.3, 0.4) is 0 Å². The van der Waals surface area contributed by atoms with Crippen molar-refractivity contribution in [2.45, 2.75) is 47.0 Å². The van der Waals surface area contributed by atoms with Gasteiger partial charge in [0, 0.05) is 0 Å². The van der Waals surface area contributed by atoms with Gasteiger partial charge in [-0.3, -0.25) is 0 Å². The van der Waals surface area contributed by atoms with Crippen molar-refractivity contribution in [2.24, 2.45) is 10.6 Å². The average Bonchev–Trinajstić information content (AvgIpc) is 2.15. The highest BCUT2D eigenvalue weighted by Crippen LogP contribution is 2.40. The summed E-state index contributed by atoms with van der Waals surface area (Å²) in [6.07, 6.45) is 7.69. The highest BCUT2D eigenvalue weighted by molar-refractivity contribution is 5.92. The molecule has 15 heavy (non-hydrogen) atoms. The molecule has 0 unspecified atom stereocenters. The molecular formula is C13H21NO. The number of hydrogen-bond acceptors (Lipinski definition) is 2. The van der Waals surface area contributed by atoms with Crippen LogP contribution in [0.1, 0.15) is 47.0 Å². The van der Waals surface area contributed by atoms with Crippen LogP contribution >= 0.6 is 0 Å². The molecule has 0 heterocycles. The minimum atomic E-state index is 0.259. The van der Waals surface area contributed by atoms with Crippen molar-refractivity contribution in [2.75, 3.05) is 0 Å². The number of rotatable bonds is 2. The number of nitrogens with zero attached hydrogens (tertiary/aromatic N) is 1. The van der Waals surface area contributed by atoms with Crippen LogP contribution in [0.5, 0.6) is 0 Å². The van der Waals surface area contributed by atoms with Crippen LogP contribution in [0, 0.1) is 5.41 Å². The lowest BCUT2D eigenvalue weighted by Crippen LogP contribution is -2.19. The zero-order valence-electron chi connectivity index (χ0n) is 10.2. The van der Waals surface area contributed by atoms with Crippen molar-refractivity contribution in [3.8, 4) is 0 Å². The minimum Gasteiger partial charge on any atom is -0.411 e. The van der Waals surface area contributed by atoms with E-state index in [4.69, 9.17) is 5.21 Å². The number of hydrogen-bond donors (Lipinski definition) is 1. The van der Waals surface area contributed by atoms with E-state index in [9.17, 15) is 0 Å². The van der Waals surface area contributed by atoms with Crippen LogP contribution in [-0.4, -0.2) is 10.9 Å². The molecule has 0 saturated heterocycles. The second-order valence-corrected chi connectivity index (χ2v) is 5.01. The maximum Gasteiger partial charge on any atom is 0.0764 e. The number of allylic oxidation sites excluding steroid dienone is 4. The third kappa shape index (κ3) is 2.95. The van der Waals surface area contributed by atoms with E-state index >= 15 is 0 Å². The van der Waals surface area contributed by atoms with Crippen LogP contribution in [-0.2, 0) is 0 Å². The maximum absolute atomic E-state index is 8.58. The molecule has 0 aromatic rings. The lowest BCUT2D eigenvalue weighted by atomic mass is 9.72. The van der Waals surface area contributed by atoms with E-state index in [1.165, 1.54) is 30.4 Å². The van der Waals surface area contributed by atoms with Gasteiger partial charge in [-0.25, -0.2) is 0 Å². The van der Waals surface area contributed by atoms with Crippen LogP contribution in [0.4, 0.5) is 0 Å². The molecule has 0 aromatic heterocycles. The van der Waals surface area contributed by atoms with Crippen molar-refractivity contribution in [1.82, 2.24) is 0 Å². The molecule has 2 nitrogen and oxygen atoms in total. The van der Waals surface area contributed by atoms with E-state index in [2.05, 4.69) is 32.0 Å². The molecule has 0 aliphatic heterocycles. The Morgan fingerprint density at radius 3 is 2.67 bits per heavy atom. The molecule has 0 fully saturated rings. The van der Waals surface area contributed by atoms with E-state index in [1.807, 2.05) is 6.08 Å². The standard InChI is InChI=1S/C13H21NO/c1-10-6-5-9-13(3,4)12(10)8-7-11(2)14-15/h7-8,15H,5-6,9H2,1-4H3/b8-7+,14-11?. The summed E-state index contributed by atoms with van der Waals surface area (Å²) in [6.45, 7) is 8.55. The van der Waals surface area contributed by atoms with Gasteiger partial charge in [0.25, 0.3) is 0 Å². The molecule has 1 aliphatic carbocycles. The summed E-state index contributed by atoms with van der Waals surface area (Å²) in [7, 11) is 0. The van der Waals surface area contributed by atoms with Gasteiger partial charge in [-0.1, -0.05) is 30.7 Å². The fourth-order valence-electron chi connectivity index (χ4n) is 2.25. The molecule has 2 heteroatoms. The van der Waals surface area contributed by atoms with E-state index in [1.54, 1.807) is 6.92 Å². The van der Waals surface area contributed by atoms with Crippen LogP contribution < -0.4 is 0 Å². The molecule has 1 rings (SSSR count). The first-order valence-electron chi connectivity index (χ1n) is 5.54. The van der Waals surface area contributed by atoms with Gasteiger partial charge in [-0.2, -0.15) is 0 Å². The second kappa shape index (κ2) is 4.65. The summed E-state index contributed by atoms with van der Waals surface area (Å²) in [4.78, 5) is 0. The van der Waals surface area contributed by atoms with Crippen molar-refractivity contribution >= 4 is 5.71 Å². The molecule has 1 N–H and O–H groups in total. The van der Waals surface area contributed by atoms with Crippen molar-refractivity contribution in [3.05, 3.63) is 23.3 Å². The lowest BCUT2D eigenvalue weighted by Gasteiger charge is -2.32. The molecule has 0 saturated carbocycles. The summed E-state index contributed by atoms with van der Waals surface area (Å²) in [5.41, 5.74) is 3.77. The molecule has 0 bridgehead atoms. The minimum absolute atomic E-state index is 0.259. The normalized spacial score (nSPS) is 22.5. The lowest BCUT2D eigenvalue weighted by molar-refractivity contribution is 0.319. The fraction of sp³-hybridized carbons (Fsp3) is 0.615. The summed E-state index contributed by atoms with van der Waals surface area (Å²) in [5, 5.41) is 11.7. The first kappa shape index (κ1) is 12.0. The summed E-state index contributed by atoms with van der Waals surface area (Å²) < 4.78 is 0. The Hall–Kier alpha value is -1.05. The summed E-state index contributed by atoms with van der Waals surface area (Å²) in [5.74, 6) is 0. The van der Waals surface area contributed by atoms with E-state index < -0.39 is 0 Å². The Morgan fingerprint density at radius 2 is 2.13 bits per heavy atom. The van der Waals surface area contributed by atoms with Crippen LogP contribution in [0.2, 0.25) is 0 Å². The van der Waals surface area contributed by atoms with Gasteiger partial charge in [-0.05, 0) is 50.2 Å². The largest absolute Gasteiger partial charge is 0.411 e. The molecule has 0 aromatic carbocycles. The topological polar surface area (TPSA) is 32.6 Å². The van der Waals surface area contributed by atoms with E-state index in [0.29, 0.717) is 5.71 Å². The van der Waals surface area contributed by atoms with Gasteiger partial charge in [0.2, 0.25) is 0 Å². The molecule has 0 spiro atoms. The first-order valence-corrected chi connectivity index (χ1v) is 5.54. The summed E-state index contributed by atoms with van der Waals surface area (Å²) >= 11 is 0. The average molecular weight is 207 g/mol. The molecule has 1 aliphatic rings. The van der Waals surface area contributed by atoms with Crippen molar-refractivity contribution in [3.63, 3.8) is 0 Å². The predicted molar refractivity (Wildman–Crippen MR) is 64.4 cm³/mol. The monoisotopic (exact) mass is 207 g/mol. The van der Waals surface area contributed by atoms with Gasteiger partial charge in [0.15, 0.2) is 0 Å². The third-order valence-electron chi connectivity index (χ3n) is 3.19. The van der Waals surface area contributed by atoms with Gasteiger partial charge in [0.1, 0.15) is 0 Å². The van der Waals surface area contributed by atoms with Gasteiger partial charge >= 0.3 is 0 Å². The maximum atomic E-state index is 8.58. The Bertz CT molecular complexity index is 321. The Labute approximate surface area is 92.4 Å². The van der Waals surface area contributed by atoms with Gasteiger partial charge < -0.3 is 5.21 Å². The summed E-state index contributed by atoms with van der Waals surface area (Å²) in [6, 6.07) is 0. The van der Waals surface area contributed by atoms with Crippen LogP contribution in [0.15, 0.2) is 28.5 Å². The SMILES string of the molecule is CC(/C=C/C1=C(C)CCCC1(C)C)=NO. The van der Waals surface area contributed by atoms with E-state index in [-0.39, 0.29) is 5.41 Å². The smallest absolute Gasteiger partial charge is 0.0764 e. The Morgan fingerprint density at radius 1 is 1.47 bits per heavy atom. The van der Waals surface area contributed by atoms with E-state index in [0.717, 1.165) is 0 Å². The second-order valence-electron chi connectivity index (χ2n) is 5.01.